The molecule has 2 heterocycles. The van der Waals surface area contributed by atoms with E-state index in [9.17, 15) is 25.2 Å². The predicted octanol–water partition coefficient (Wildman–Crippen LogP) is 2.08. The molecule has 0 amide bonds. The predicted molar refractivity (Wildman–Crippen MR) is 139 cm³/mol. The summed E-state index contributed by atoms with van der Waals surface area (Å²) < 4.78 is 22.7. The van der Waals surface area contributed by atoms with Crippen molar-refractivity contribution in [3.05, 3.63) is 11.6 Å². The van der Waals surface area contributed by atoms with Gasteiger partial charge in [-0.2, -0.15) is 0 Å². The molecule has 0 bridgehead atoms. The minimum Gasteiger partial charge on any atom is -0.458 e. The third-order valence-corrected chi connectivity index (χ3v) is 12.3. The molecule has 5 fully saturated rings. The summed E-state index contributed by atoms with van der Waals surface area (Å²) in [5.74, 6) is 0.260. The Kier molecular flexibility index (Phi) is 7.02. The second-order valence-corrected chi connectivity index (χ2v) is 13.9. The zero-order valence-electron chi connectivity index (χ0n) is 23.6. The molecule has 6 aliphatic rings. The number of cyclic esters (lactones) is 1. The first kappa shape index (κ1) is 28.1. The number of esters is 1. The molecule has 220 valence electrons. The fraction of sp³-hybridized carbons (Fsp3) is 0.900. The van der Waals surface area contributed by atoms with Crippen molar-refractivity contribution >= 4 is 5.97 Å². The maximum absolute atomic E-state index is 12.4. The van der Waals surface area contributed by atoms with Crippen molar-refractivity contribution in [2.24, 2.45) is 34.5 Å². The second kappa shape index (κ2) is 9.75. The highest BCUT2D eigenvalue weighted by molar-refractivity contribution is 5.85. The molecule has 0 unspecified atom stereocenters. The van der Waals surface area contributed by atoms with Crippen LogP contribution < -0.4 is 0 Å². The number of rotatable bonds is 4. The van der Waals surface area contributed by atoms with Crippen LogP contribution in [0.3, 0.4) is 0 Å². The molecule has 6 rings (SSSR count). The zero-order valence-corrected chi connectivity index (χ0v) is 23.6. The number of hydrogen-bond acceptors (Lipinski definition) is 9. The number of aliphatic hydroxyl groups excluding tert-OH is 3. The summed E-state index contributed by atoms with van der Waals surface area (Å²) in [7, 11) is 1.48. The molecular formula is C30H46O9. The van der Waals surface area contributed by atoms with Crippen molar-refractivity contribution in [3.63, 3.8) is 0 Å². The van der Waals surface area contributed by atoms with Crippen LogP contribution in [0.5, 0.6) is 0 Å². The Hall–Kier alpha value is -1.07. The van der Waals surface area contributed by atoms with E-state index in [1.165, 1.54) is 13.2 Å². The lowest BCUT2D eigenvalue weighted by Gasteiger charge is -2.63. The zero-order chi connectivity index (χ0) is 27.9. The van der Waals surface area contributed by atoms with Gasteiger partial charge in [-0.25, -0.2) is 4.79 Å². The van der Waals surface area contributed by atoms with Crippen LogP contribution in [0.2, 0.25) is 0 Å². The van der Waals surface area contributed by atoms with Crippen molar-refractivity contribution in [3.8, 4) is 0 Å². The molecule has 0 aromatic heterocycles. The van der Waals surface area contributed by atoms with Gasteiger partial charge in [0.1, 0.15) is 24.9 Å². The fourth-order valence-corrected chi connectivity index (χ4v) is 10.2. The lowest BCUT2D eigenvalue weighted by molar-refractivity contribution is -0.313. The Morgan fingerprint density at radius 3 is 2.49 bits per heavy atom. The van der Waals surface area contributed by atoms with Crippen LogP contribution in [-0.2, 0) is 23.7 Å². The topological polar surface area (TPSA) is 135 Å². The van der Waals surface area contributed by atoms with E-state index in [0.29, 0.717) is 18.3 Å². The van der Waals surface area contributed by atoms with Crippen LogP contribution in [0.25, 0.3) is 0 Å². The summed E-state index contributed by atoms with van der Waals surface area (Å²) in [5, 5.41) is 44.7. The molecule has 1 saturated heterocycles. The quantitative estimate of drug-likeness (QED) is 0.307. The summed E-state index contributed by atoms with van der Waals surface area (Å²) in [4.78, 5) is 11.8. The Bertz CT molecular complexity index is 1000. The maximum atomic E-state index is 12.4. The molecule has 2 aliphatic heterocycles. The van der Waals surface area contributed by atoms with E-state index in [1.54, 1.807) is 6.92 Å². The number of methoxy groups -OCH3 is 1. The highest BCUT2D eigenvalue weighted by Crippen LogP contribution is 2.70. The van der Waals surface area contributed by atoms with Gasteiger partial charge in [0, 0.05) is 30.9 Å². The smallest absolute Gasteiger partial charge is 0.331 e. The third-order valence-electron chi connectivity index (χ3n) is 12.3. The van der Waals surface area contributed by atoms with E-state index < -0.39 is 47.8 Å². The summed E-state index contributed by atoms with van der Waals surface area (Å²) in [6, 6.07) is 0. The van der Waals surface area contributed by atoms with Gasteiger partial charge in [-0.05, 0) is 80.6 Å². The number of hydrogen-bond donors (Lipinski definition) is 4. The Morgan fingerprint density at radius 2 is 1.79 bits per heavy atom. The largest absolute Gasteiger partial charge is 0.458 e. The van der Waals surface area contributed by atoms with Crippen LogP contribution in [0.4, 0.5) is 0 Å². The minimum atomic E-state index is -1.06. The van der Waals surface area contributed by atoms with Gasteiger partial charge in [0.05, 0.1) is 23.9 Å². The lowest BCUT2D eigenvalue weighted by atomic mass is 9.43. The van der Waals surface area contributed by atoms with Crippen LogP contribution in [0.15, 0.2) is 11.6 Å². The van der Waals surface area contributed by atoms with Crippen LogP contribution >= 0.6 is 0 Å². The minimum absolute atomic E-state index is 0.0547. The Balaban J connectivity index is 1.17. The standard InChI is InChI=1S/C30H46O9/c1-15-24(33)26(36-4)25(34)27(38-15)39-18-7-9-28(2)17(12-18)5-6-20-19(28)8-10-29(3)23(16-11-22(32)37-14-16)21(31)13-30(20,29)35/h11,15,17-21,23-27,31,33-35H,5-10,12-14H2,1-4H3/t15-,17-,18-,19+,20-,21+,23+,24+,25-,26+,27+,28+,29-,30-/m1/s1. The van der Waals surface area contributed by atoms with Crippen LogP contribution in [0.1, 0.15) is 72.1 Å². The fourth-order valence-electron chi connectivity index (χ4n) is 10.2. The molecule has 39 heavy (non-hydrogen) atoms. The van der Waals surface area contributed by atoms with Gasteiger partial charge in [-0.1, -0.05) is 13.8 Å². The molecule has 0 radical (unpaired) electrons. The van der Waals surface area contributed by atoms with Crippen molar-refractivity contribution in [2.75, 3.05) is 13.7 Å². The Labute approximate surface area is 230 Å². The highest BCUT2D eigenvalue weighted by atomic mass is 16.7. The van der Waals surface area contributed by atoms with E-state index in [1.807, 2.05) is 0 Å². The van der Waals surface area contributed by atoms with Crippen molar-refractivity contribution in [2.45, 2.75) is 121 Å². The first-order valence-corrected chi connectivity index (χ1v) is 14.9. The van der Waals surface area contributed by atoms with Crippen molar-refractivity contribution < 1.29 is 44.2 Å². The molecule has 0 spiro atoms. The molecule has 4 aliphatic carbocycles. The summed E-state index contributed by atoms with van der Waals surface area (Å²) in [6.45, 7) is 6.48. The molecule has 0 aromatic carbocycles. The van der Waals surface area contributed by atoms with Gasteiger partial charge in [0.25, 0.3) is 0 Å². The van der Waals surface area contributed by atoms with Crippen molar-refractivity contribution in [1.82, 2.24) is 0 Å². The number of ether oxygens (including phenoxy) is 4. The highest BCUT2D eigenvalue weighted by Gasteiger charge is 2.70. The average Bonchev–Trinajstić information content (AvgIpc) is 3.39. The number of carbonyl (C=O) groups is 1. The van der Waals surface area contributed by atoms with Crippen LogP contribution in [-0.4, -0.2) is 88.6 Å². The van der Waals surface area contributed by atoms with Gasteiger partial charge in [-0.3, -0.25) is 0 Å². The summed E-state index contributed by atoms with van der Waals surface area (Å²) in [5.41, 5.74) is -0.601. The van der Waals surface area contributed by atoms with Crippen LogP contribution in [0, 0.1) is 34.5 Å². The molecule has 4 N–H and O–H groups in total. The SMILES string of the molecule is CO[C@H]1[C@@H](O)[C@@H](C)O[C@@H](O[C@@H]2CC[C@@]3(C)[C@H](CC[C@@H]4[C@@H]3CC[C@]3(C)[C@@H](C5=CC(=O)OC5)[C@@H](O)C[C@@]43O)C2)[C@@H]1O. The van der Waals surface area contributed by atoms with Gasteiger partial charge >= 0.3 is 5.97 Å². The van der Waals surface area contributed by atoms with Gasteiger partial charge in [0.2, 0.25) is 0 Å². The first-order valence-electron chi connectivity index (χ1n) is 14.9. The molecule has 4 saturated carbocycles. The first-order chi connectivity index (χ1) is 18.4. The second-order valence-electron chi connectivity index (χ2n) is 13.9. The molecule has 0 aromatic rings. The normalized spacial score (nSPS) is 55.3. The van der Waals surface area contributed by atoms with Gasteiger partial charge in [0.15, 0.2) is 6.29 Å². The van der Waals surface area contributed by atoms with Gasteiger partial charge in [-0.15, -0.1) is 0 Å². The molecule has 14 atom stereocenters. The van der Waals surface area contributed by atoms with E-state index >= 15 is 0 Å². The number of carbonyl (C=O) groups excluding carboxylic acids is 1. The van der Waals surface area contributed by atoms with E-state index in [-0.39, 0.29) is 35.9 Å². The van der Waals surface area contributed by atoms with E-state index in [0.717, 1.165) is 50.5 Å². The maximum Gasteiger partial charge on any atom is 0.331 e. The summed E-state index contributed by atoms with van der Waals surface area (Å²) >= 11 is 0. The summed E-state index contributed by atoms with van der Waals surface area (Å²) in [6.07, 6.45) is 3.40. The molecule has 9 heteroatoms. The average molecular weight is 551 g/mol. The van der Waals surface area contributed by atoms with Gasteiger partial charge < -0.3 is 39.4 Å². The molecule has 9 nitrogen and oxygen atoms in total. The number of aliphatic hydroxyl groups is 4. The third kappa shape index (κ3) is 4.09. The van der Waals surface area contributed by atoms with E-state index in [4.69, 9.17) is 18.9 Å². The lowest BCUT2D eigenvalue weighted by Crippen LogP contribution is -2.62. The molecular weight excluding hydrogens is 504 g/mol. The number of fused-ring (bicyclic) bond motifs is 5. The Morgan fingerprint density at radius 1 is 1.03 bits per heavy atom. The van der Waals surface area contributed by atoms with E-state index in [2.05, 4.69) is 13.8 Å². The van der Waals surface area contributed by atoms with Crippen molar-refractivity contribution in [1.29, 1.82) is 0 Å². The monoisotopic (exact) mass is 550 g/mol.